The summed E-state index contributed by atoms with van der Waals surface area (Å²) in [5, 5.41) is 0. The Labute approximate surface area is 88.6 Å². The number of hydrogen-bond donors (Lipinski definition) is 0. The summed E-state index contributed by atoms with van der Waals surface area (Å²) in [7, 11) is 0. The number of pyridine rings is 1. The second-order valence-corrected chi connectivity index (χ2v) is 3.28. The van der Waals surface area contributed by atoms with E-state index < -0.39 is 5.95 Å². The summed E-state index contributed by atoms with van der Waals surface area (Å²) in [6.45, 7) is 1.99. The van der Waals surface area contributed by atoms with Gasteiger partial charge in [0.1, 0.15) is 0 Å². The molecule has 0 unspecified atom stereocenters. The Kier molecular flexibility index (Phi) is 2.77. The van der Waals surface area contributed by atoms with Gasteiger partial charge in [0.2, 0.25) is 5.95 Å². The van der Waals surface area contributed by atoms with Crippen LogP contribution in [0, 0.1) is 12.4 Å². The quantitative estimate of drug-likeness (QED) is 0.676. The van der Waals surface area contributed by atoms with Gasteiger partial charge in [-0.2, -0.15) is 4.39 Å². The molecular formula is C13H11FN. The van der Waals surface area contributed by atoms with Gasteiger partial charge < -0.3 is 0 Å². The smallest absolute Gasteiger partial charge is 0.212 e. The van der Waals surface area contributed by atoms with Crippen molar-refractivity contribution in [3.63, 3.8) is 0 Å². The molecule has 0 bridgehead atoms. The van der Waals surface area contributed by atoms with Gasteiger partial charge in [0.05, 0.1) is 0 Å². The van der Waals surface area contributed by atoms with Gasteiger partial charge >= 0.3 is 0 Å². The molecule has 0 spiro atoms. The molecule has 1 radical (unpaired) electrons. The summed E-state index contributed by atoms with van der Waals surface area (Å²) in [5.74, 6) is -0.447. The summed E-state index contributed by atoms with van der Waals surface area (Å²) in [6.07, 6.45) is 3.57. The lowest BCUT2D eigenvalue weighted by atomic mass is 10.0. The predicted molar refractivity (Wildman–Crippen MR) is 58.7 cm³/mol. The number of benzene rings is 1. The van der Waals surface area contributed by atoms with Gasteiger partial charge in [-0.25, -0.2) is 4.98 Å². The molecule has 75 valence electrons. The highest BCUT2D eigenvalue weighted by Crippen LogP contribution is 2.20. The number of nitrogens with zero attached hydrogens (tertiary/aromatic N) is 1. The van der Waals surface area contributed by atoms with E-state index >= 15 is 0 Å². The highest BCUT2D eigenvalue weighted by atomic mass is 19.1. The summed E-state index contributed by atoms with van der Waals surface area (Å²) in [4.78, 5) is 3.63. The standard InChI is InChI=1S/C13H11FN/c1-2-10-4-3-5-11(8-10)12-6-7-13(14)15-9-12/h2-9H,1H3. The van der Waals surface area contributed by atoms with Crippen molar-refractivity contribution in [1.29, 1.82) is 0 Å². The van der Waals surface area contributed by atoms with Gasteiger partial charge in [-0.1, -0.05) is 31.2 Å². The van der Waals surface area contributed by atoms with Gasteiger partial charge in [0.25, 0.3) is 0 Å². The topological polar surface area (TPSA) is 12.9 Å². The van der Waals surface area contributed by atoms with E-state index in [0.717, 1.165) is 16.7 Å². The molecule has 2 rings (SSSR count). The van der Waals surface area contributed by atoms with Crippen LogP contribution in [0.25, 0.3) is 11.1 Å². The molecule has 1 aromatic heterocycles. The first kappa shape index (κ1) is 9.84. The number of halogens is 1. The van der Waals surface area contributed by atoms with Crippen LogP contribution in [0.15, 0.2) is 42.6 Å². The zero-order chi connectivity index (χ0) is 10.7. The molecule has 1 nitrogen and oxygen atoms in total. The first-order valence-corrected chi connectivity index (χ1v) is 4.81. The minimum absolute atomic E-state index is 0.447. The van der Waals surface area contributed by atoms with Crippen LogP contribution in [0.5, 0.6) is 0 Å². The molecule has 0 aliphatic rings. The number of hydrogen-bond acceptors (Lipinski definition) is 1. The van der Waals surface area contributed by atoms with Crippen molar-refractivity contribution >= 4 is 0 Å². The van der Waals surface area contributed by atoms with Crippen molar-refractivity contribution in [3.8, 4) is 11.1 Å². The van der Waals surface area contributed by atoms with Gasteiger partial charge in [0, 0.05) is 11.8 Å². The van der Waals surface area contributed by atoms with Crippen LogP contribution in [0.1, 0.15) is 12.5 Å². The Balaban J connectivity index is 2.40. The van der Waals surface area contributed by atoms with E-state index in [2.05, 4.69) is 11.1 Å². The highest BCUT2D eigenvalue weighted by molar-refractivity contribution is 5.63. The molecule has 0 atom stereocenters. The van der Waals surface area contributed by atoms with Gasteiger partial charge in [0.15, 0.2) is 0 Å². The highest BCUT2D eigenvalue weighted by Gasteiger charge is 1.99. The third-order valence-corrected chi connectivity index (χ3v) is 2.28. The maximum atomic E-state index is 12.6. The van der Waals surface area contributed by atoms with Crippen molar-refractivity contribution < 1.29 is 4.39 Å². The second-order valence-electron chi connectivity index (χ2n) is 3.28. The molecule has 0 saturated heterocycles. The Morgan fingerprint density at radius 1 is 1.13 bits per heavy atom. The fourth-order valence-corrected chi connectivity index (χ4v) is 1.44. The molecule has 0 amide bonds. The summed E-state index contributed by atoms with van der Waals surface area (Å²) in [5.41, 5.74) is 3.13. The Morgan fingerprint density at radius 3 is 2.67 bits per heavy atom. The Hall–Kier alpha value is -1.70. The lowest BCUT2D eigenvalue weighted by Gasteiger charge is -2.03. The van der Waals surface area contributed by atoms with Gasteiger partial charge in [-0.05, 0) is 29.7 Å². The predicted octanol–water partition coefficient (Wildman–Crippen LogP) is 3.46. The minimum Gasteiger partial charge on any atom is -0.228 e. The van der Waals surface area contributed by atoms with Crippen LogP contribution >= 0.6 is 0 Å². The summed E-state index contributed by atoms with van der Waals surface area (Å²) >= 11 is 0. The Bertz CT molecular complexity index is 448. The third-order valence-electron chi connectivity index (χ3n) is 2.28. The van der Waals surface area contributed by atoms with E-state index in [1.165, 1.54) is 6.07 Å². The first-order valence-electron chi connectivity index (χ1n) is 4.81. The fraction of sp³-hybridized carbons (Fsp3) is 0.0769. The van der Waals surface area contributed by atoms with Crippen molar-refractivity contribution in [2.75, 3.05) is 0 Å². The van der Waals surface area contributed by atoms with E-state index in [0.29, 0.717) is 0 Å². The average Bonchev–Trinajstić information content (AvgIpc) is 2.30. The van der Waals surface area contributed by atoms with Crippen LogP contribution in [0.4, 0.5) is 4.39 Å². The third kappa shape index (κ3) is 2.21. The number of rotatable bonds is 2. The van der Waals surface area contributed by atoms with Crippen LogP contribution < -0.4 is 0 Å². The molecule has 0 aliphatic heterocycles. The lowest BCUT2D eigenvalue weighted by Crippen LogP contribution is -1.85. The molecule has 2 heteroatoms. The molecule has 1 aromatic carbocycles. The van der Waals surface area contributed by atoms with Gasteiger partial charge in [-0.15, -0.1) is 0 Å². The molecule has 0 aliphatic carbocycles. The van der Waals surface area contributed by atoms with Gasteiger partial charge in [-0.3, -0.25) is 0 Å². The average molecular weight is 200 g/mol. The lowest BCUT2D eigenvalue weighted by molar-refractivity contribution is 0.584. The molecular weight excluding hydrogens is 189 g/mol. The summed E-state index contributed by atoms with van der Waals surface area (Å²) in [6, 6.07) is 11.2. The van der Waals surface area contributed by atoms with Crippen LogP contribution in [-0.4, -0.2) is 4.98 Å². The molecule has 0 fully saturated rings. The van der Waals surface area contributed by atoms with E-state index in [1.807, 2.05) is 31.5 Å². The normalized spacial score (nSPS) is 10.3. The molecule has 2 aromatic rings. The molecule has 0 N–H and O–H groups in total. The van der Waals surface area contributed by atoms with Crippen molar-refractivity contribution in [3.05, 3.63) is 60.5 Å². The second kappa shape index (κ2) is 4.22. The summed E-state index contributed by atoms with van der Waals surface area (Å²) < 4.78 is 12.6. The fourth-order valence-electron chi connectivity index (χ4n) is 1.44. The van der Waals surface area contributed by atoms with E-state index in [4.69, 9.17) is 0 Å². The van der Waals surface area contributed by atoms with Crippen LogP contribution in [0.2, 0.25) is 0 Å². The molecule has 0 saturated carbocycles. The van der Waals surface area contributed by atoms with Crippen molar-refractivity contribution in [2.24, 2.45) is 0 Å². The zero-order valence-corrected chi connectivity index (χ0v) is 8.44. The van der Waals surface area contributed by atoms with E-state index in [-0.39, 0.29) is 0 Å². The van der Waals surface area contributed by atoms with Crippen LogP contribution in [0.3, 0.4) is 0 Å². The first-order chi connectivity index (χ1) is 7.29. The molecule has 1 heterocycles. The van der Waals surface area contributed by atoms with Crippen molar-refractivity contribution in [2.45, 2.75) is 6.92 Å². The maximum absolute atomic E-state index is 12.6. The zero-order valence-electron chi connectivity index (χ0n) is 8.44. The van der Waals surface area contributed by atoms with E-state index in [9.17, 15) is 4.39 Å². The molecule has 15 heavy (non-hydrogen) atoms. The monoisotopic (exact) mass is 200 g/mol. The van der Waals surface area contributed by atoms with Crippen LogP contribution in [-0.2, 0) is 0 Å². The Morgan fingerprint density at radius 2 is 2.00 bits per heavy atom. The maximum Gasteiger partial charge on any atom is 0.212 e. The van der Waals surface area contributed by atoms with E-state index in [1.54, 1.807) is 12.3 Å². The SMILES string of the molecule is C[CH]c1cccc(-c2ccc(F)nc2)c1. The number of aromatic nitrogens is 1. The van der Waals surface area contributed by atoms with Crippen molar-refractivity contribution in [1.82, 2.24) is 4.98 Å². The minimum atomic E-state index is -0.447. The largest absolute Gasteiger partial charge is 0.228 e.